The Hall–Kier alpha value is -1.06. The Labute approximate surface area is 199 Å². The number of anilines is 1. The van der Waals surface area contributed by atoms with Crippen LogP contribution in [0.5, 0.6) is 0 Å². The molecule has 1 aromatic carbocycles. The highest BCUT2D eigenvalue weighted by Gasteiger charge is 2.24. The molecule has 2 heterocycles. The topological polar surface area (TPSA) is 58.1 Å². The van der Waals surface area contributed by atoms with Crippen LogP contribution in [0, 0.1) is 5.92 Å². The van der Waals surface area contributed by atoms with Gasteiger partial charge in [-0.2, -0.15) is 0 Å². The van der Waals surface area contributed by atoms with Gasteiger partial charge in [-0.15, -0.1) is 24.0 Å². The summed E-state index contributed by atoms with van der Waals surface area (Å²) in [6, 6.07) is 9.30. The van der Waals surface area contributed by atoms with Crippen LogP contribution in [0.3, 0.4) is 0 Å². The van der Waals surface area contributed by atoms with E-state index in [9.17, 15) is 0 Å². The maximum absolute atomic E-state index is 5.84. The van der Waals surface area contributed by atoms with Crippen LogP contribution in [-0.4, -0.2) is 64.6 Å². The van der Waals surface area contributed by atoms with E-state index in [1.54, 1.807) is 0 Å². The summed E-state index contributed by atoms with van der Waals surface area (Å²) in [6.45, 7) is 11.3. The minimum absolute atomic E-state index is 0. The van der Waals surface area contributed by atoms with Crippen LogP contribution in [0.15, 0.2) is 29.3 Å². The van der Waals surface area contributed by atoms with Gasteiger partial charge in [0.25, 0.3) is 0 Å². The molecular formula is C23H39IN4O2. The van der Waals surface area contributed by atoms with Crippen LogP contribution in [0.25, 0.3) is 0 Å². The first-order valence-corrected chi connectivity index (χ1v) is 11.3. The number of benzene rings is 1. The Bertz CT molecular complexity index is 637. The van der Waals surface area contributed by atoms with Crippen LogP contribution in [0.1, 0.15) is 38.7 Å². The lowest BCUT2D eigenvalue weighted by Crippen LogP contribution is -2.43. The molecule has 2 aliphatic rings. The lowest BCUT2D eigenvalue weighted by Gasteiger charge is -2.25. The van der Waals surface area contributed by atoms with Crippen molar-refractivity contribution in [2.24, 2.45) is 10.9 Å². The number of rotatable bonds is 10. The average Bonchev–Trinajstić information content (AvgIpc) is 3.06. The highest BCUT2D eigenvalue weighted by molar-refractivity contribution is 14.0. The van der Waals surface area contributed by atoms with Crippen LogP contribution in [0.4, 0.5) is 5.69 Å². The Balaban J connectivity index is 0.00000320. The van der Waals surface area contributed by atoms with Gasteiger partial charge in [-0.1, -0.05) is 18.2 Å². The third kappa shape index (κ3) is 7.89. The zero-order valence-corrected chi connectivity index (χ0v) is 20.9. The molecule has 0 saturated carbocycles. The number of aliphatic imine (C=N–C) groups is 1. The van der Waals surface area contributed by atoms with Crippen molar-refractivity contribution in [1.82, 2.24) is 10.6 Å². The molecule has 1 atom stereocenters. The number of halogens is 1. The number of hydrogen-bond donors (Lipinski definition) is 2. The molecule has 1 saturated heterocycles. The minimum atomic E-state index is 0. The van der Waals surface area contributed by atoms with Crippen molar-refractivity contribution in [2.75, 3.05) is 57.5 Å². The summed E-state index contributed by atoms with van der Waals surface area (Å²) in [4.78, 5) is 7.20. The van der Waals surface area contributed by atoms with Crippen LogP contribution in [-0.2, 0) is 15.9 Å². The van der Waals surface area contributed by atoms with Crippen molar-refractivity contribution in [2.45, 2.75) is 45.6 Å². The maximum atomic E-state index is 5.84. The predicted octanol–water partition coefficient (Wildman–Crippen LogP) is 3.44. The zero-order chi connectivity index (χ0) is 20.3. The smallest absolute Gasteiger partial charge is 0.191 e. The average molecular weight is 530 g/mol. The molecule has 170 valence electrons. The summed E-state index contributed by atoms with van der Waals surface area (Å²) in [5, 5.41) is 6.83. The first-order valence-electron chi connectivity index (χ1n) is 11.3. The van der Waals surface area contributed by atoms with Crippen molar-refractivity contribution in [3.05, 3.63) is 29.8 Å². The highest BCUT2D eigenvalue weighted by Crippen LogP contribution is 2.31. The second kappa shape index (κ2) is 14.1. The fourth-order valence-corrected chi connectivity index (χ4v) is 4.13. The fourth-order valence-electron chi connectivity index (χ4n) is 4.13. The second-order valence-corrected chi connectivity index (χ2v) is 8.05. The SMILES string of the molecule is CCNC(=NCCCOCC1CCOCC1)NCCN1c2ccccc2CC1C.I. The molecule has 0 spiro atoms. The summed E-state index contributed by atoms with van der Waals surface area (Å²) < 4.78 is 11.2. The first-order chi connectivity index (χ1) is 14.3. The van der Waals surface area contributed by atoms with Gasteiger partial charge in [0.15, 0.2) is 5.96 Å². The van der Waals surface area contributed by atoms with Crippen molar-refractivity contribution < 1.29 is 9.47 Å². The third-order valence-electron chi connectivity index (χ3n) is 5.75. The van der Waals surface area contributed by atoms with Crippen molar-refractivity contribution in [1.29, 1.82) is 0 Å². The molecule has 0 amide bonds. The molecule has 0 aromatic heterocycles. The molecule has 2 N–H and O–H groups in total. The van der Waals surface area contributed by atoms with E-state index in [-0.39, 0.29) is 24.0 Å². The van der Waals surface area contributed by atoms with Gasteiger partial charge in [0, 0.05) is 64.3 Å². The highest BCUT2D eigenvalue weighted by atomic mass is 127. The molecular weight excluding hydrogens is 491 g/mol. The summed E-state index contributed by atoms with van der Waals surface area (Å²) in [6.07, 6.45) is 4.36. The maximum Gasteiger partial charge on any atom is 0.191 e. The van der Waals surface area contributed by atoms with E-state index in [1.165, 1.54) is 11.3 Å². The van der Waals surface area contributed by atoms with Crippen molar-refractivity contribution in [3.63, 3.8) is 0 Å². The molecule has 1 unspecified atom stereocenters. The monoisotopic (exact) mass is 530 g/mol. The molecule has 30 heavy (non-hydrogen) atoms. The Morgan fingerprint density at radius 1 is 1.23 bits per heavy atom. The lowest BCUT2D eigenvalue weighted by atomic mass is 10.0. The second-order valence-electron chi connectivity index (χ2n) is 8.05. The van der Waals surface area contributed by atoms with E-state index in [4.69, 9.17) is 14.5 Å². The fraction of sp³-hybridized carbons (Fsp3) is 0.696. The van der Waals surface area contributed by atoms with E-state index in [1.807, 2.05) is 0 Å². The Morgan fingerprint density at radius 3 is 2.83 bits per heavy atom. The van der Waals surface area contributed by atoms with Gasteiger partial charge in [-0.3, -0.25) is 4.99 Å². The van der Waals surface area contributed by atoms with Gasteiger partial charge in [-0.25, -0.2) is 0 Å². The molecule has 1 fully saturated rings. The molecule has 0 bridgehead atoms. The first kappa shape index (κ1) is 25.2. The normalized spacial score (nSPS) is 19.3. The molecule has 6 nitrogen and oxygen atoms in total. The lowest BCUT2D eigenvalue weighted by molar-refractivity contribution is 0.0205. The standard InChI is InChI=1S/C23H38N4O2.HI/c1-3-24-23(25-11-6-14-29-18-20-9-15-28-16-10-20)26-12-13-27-19(2)17-21-7-4-5-8-22(21)27;/h4-5,7-8,19-20H,3,6,9-18H2,1-2H3,(H2,24,25,26);1H. The van der Waals surface area contributed by atoms with E-state index >= 15 is 0 Å². The zero-order valence-electron chi connectivity index (χ0n) is 18.6. The number of guanidine groups is 1. The Morgan fingerprint density at radius 2 is 2.03 bits per heavy atom. The largest absolute Gasteiger partial charge is 0.381 e. The summed E-state index contributed by atoms with van der Waals surface area (Å²) >= 11 is 0. The number of hydrogen-bond acceptors (Lipinski definition) is 4. The molecule has 0 radical (unpaired) electrons. The van der Waals surface area contributed by atoms with Crippen molar-refractivity contribution >= 4 is 35.6 Å². The number of ether oxygens (including phenoxy) is 2. The number of fused-ring (bicyclic) bond motifs is 1. The van der Waals surface area contributed by atoms with Gasteiger partial charge in [0.05, 0.1) is 0 Å². The van der Waals surface area contributed by atoms with Crippen LogP contribution in [0.2, 0.25) is 0 Å². The third-order valence-corrected chi connectivity index (χ3v) is 5.75. The van der Waals surface area contributed by atoms with E-state index in [0.29, 0.717) is 12.0 Å². The Kier molecular flexibility index (Phi) is 11.8. The van der Waals surface area contributed by atoms with Gasteiger partial charge in [0.1, 0.15) is 0 Å². The molecule has 1 aromatic rings. The molecule has 7 heteroatoms. The summed E-state index contributed by atoms with van der Waals surface area (Å²) in [7, 11) is 0. The quantitative estimate of drug-likeness (QED) is 0.210. The van der Waals surface area contributed by atoms with Gasteiger partial charge in [-0.05, 0) is 57.1 Å². The van der Waals surface area contributed by atoms with Gasteiger partial charge in [0.2, 0.25) is 0 Å². The van der Waals surface area contributed by atoms with E-state index in [2.05, 4.69) is 53.6 Å². The number of nitrogens with one attached hydrogen (secondary N) is 2. The predicted molar refractivity (Wildman–Crippen MR) is 135 cm³/mol. The van der Waals surface area contributed by atoms with Gasteiger partial charge < -0.3 is 25.0 Å². The molecule has 3 rings (SSSR count). The number of nitrogens with zero attached hydrogens (tertiary/aromatic N) is 2. The van der Waals surface area contributed by atoms with Crippen LogP contribution >= 0.6 is 24.0 Å². The number of para-hydroxylation sites is 1. The van der Waals surface area contributed by atoms with Crippen LogP contribution < -0.4 is 15.5 Å². The summed E-state index contributed by atoms with van der Waals surface area (Å²) in [5.74, 6) is 1.57. The molecule has 2 aliphatic heterocycles. The van der Waals surface area contributed by atoms with E-state index < -0.39 is 0 Å². The van der Waals surface area contributed by atoms with Crippen molar-refractivity contribution in [3.8, 4) is 0 Å². The summed E-state index contributed by atoms with van der Waals surface area (Å²) in [5.41, 5.74) is 2.84. The van der Waals surface area contributed by atoms with E-state index in [0.717, 1.165) is 84.2 Å². The molecule has 0 aliphatic carbocycles. The minimum Gasteiger partial charge on any atom is -0.381 e. The van der Waals surface area contributed by atoms with Gasteiger partial charge >= 0.3 is 0 Å².